The van der Waals surface area contributed by atoms with E-state index in [0.29, 0.717) is 5.69 Å². The first-order valence-corrected chi connectivity index (χ1v) is 9.44. The molecule has 0 radical (unpaired) electrons. The van der Waals surface area contributed by atoms with Gasteiger partial charge in [-0.3, -0.25) is 4.90 Å². The maximum atomic E-state index is 13.2. The molecule has 1 aromatic heterocycles. The molecule has 2 aliphatic heterocycles. The Morgan fingerprint density at radius 3 is 2.52 bits per heavy atom. The van der Waals surface area contributed by atoms with E-state index in [4.69, 9.17) is 0 Å². The van der Waals surface area contributed by atoms with Crippen molar-refractivity contribution in [3.63, 3.8) is 0 Å². The number of nitrogens with zero attached hydrogens (tertiary/aromatic N) is 3. The van der Waals surface area contributed by atoms with Crippen molar-refractivity contribution in [1.29, 1.82) is 0 Å². The summed E-state index contributed by atoms with van der Waals surface area (Å²) >= 11 is 0. The fourth-order valence-corrected chi connectivity index (χ4v) is 4.24. The summed E-state index contributed by atoms with van der Waals surface area (Å²) in [4.78, 5) is 20.9. The second kappa shape index (κ2) is 6.23. The molecule has 2 bridgehead atoms. The highest BCUT2D eigenvalue weighted by atomic mass is 19.4. The van der Waals surface area contributed by atoms with Gasteiger partial charge in [0.15, 0.2) is 0 Å². The number of anilines is 3. The lowest BCUT2D eigenvalue weighted by Crippen LogP contribution is -2.25. The molecule has 3 heterocycles. The first kappa shape index (κ1) is 18.0. The standard InChI is InChI=1S/C19H18F3N5O2/c20-19(21,22)13-8-23-17(26-16(13)24-9-1-2-9)25-10-3-4-11-12(7-10)15-6-5-14(11)27(15)18(28)29/h3-4,7-9,14-15H,1-2,5-6H2,(H,28,29)(H2,23,24,25,26)/t14-,15+/m1/s1. The van der Waals surface area contributed by atoms with Crippen molar-refractivity contribution in [2.24, 2.45) is 0 Å². The van der Waals surface area contributed by atoms with Gasteiger partial charge in [-0.1, -0.05) is 6.07 Å². The van der Waals surface area contributed by atoms with E-state index < -0.39 is 17.8 Å². The Morgan fingerprint density at radius 1 is 1.14 bits per heavy atom. The molecule has 1 aromatic carbocycles. The van der Waals surface area contributed by atoms with E-state index >= 15 is 0 Å². The summed E-state index contributed by atoms with van der Waals surface area (Å²) in [7, 11) is 0. The topological polar surface area (TPSA) is 90.4 Å². The van der Waals surface area contributed by atoms with E-state index in [1.165, 1.54) is 4.90 Å². The fourth-order valence-electron chi connectivity index (χ4n) is 4.24. The Labute approximate surface area is 164 Å². The molecule has 152 valence electrons. The number of alkyl halides is 3. The van der Waals surface area contributed by atoms with Gasteiger partial charge in [0.2, 0.25) is 5.95 Å². The predicted octanol–water partition coefficient (Wildman–Crippen LogP) is 4.68. The maximum absolute atomic E-state index is 13.2. The summed E-state index contributed by atoms with van der Waals surface area (Å²) in [6, 6.07) is 5.17. The second-order valence-electron chi connectivity index (χ2n) is 7.64. The minimum atomic E-state index is -4.54. The van der Waals surface area contributed by atoms with Crippen LogP contribution in [0.3, 0.4) is 0 Å². The lowest BCUT2D eigenvalue weighted by atomic mass is 9.91. The molecule has 2 aromatic rings. The number of halogens is 3. The van der Waals surface area contributed by atoms with Crippen LogP contribution in [0.15, 0.2) is 24.4 Å². The molecule has 1 amide bonds. The average Bonchev–Trinajstić information content (AvgIpc) is 3.27. The van der Waals surface area contributed by atoms with Crippen molar-refractivity contribution in [2.75, 3.05) is 10.6 Å². The van der Waals surface area contributed by atoms with Gasteiger partial charge in [0.05, 0.1) is 12.1 Å². The Bertz CT molecular complexity index is 992. The number of carbonyl (C=O) groups is 1. The Balaban J connectivity index is 1.42. The van der Waals surface area contributed by atoms with E-state index in [2.05, 4.69) is 20.6 Å². The summed E-state index contributed by atoms with van der Waals surface area (Å²) in [6.07, 6.45) is -1.50. The molecule has 1 saturated heterocycles. The first-order chi connectivity index (χ1) is 13.8. The molecule has 2 atom stereocenters. The van der Waals surface area contributed by atoms with Crippen LogP contribution in [-0.4, -0.2) is 32.1 Å². The number of amides is 1. The smallest absolute Gasteiger partial charge is 0.421 e. The van der Waals surface area contributed by atoms with Crippen molar-refractivity contribution in [1.82, 2.24) is 14.9 Å². The maximum Gasteiger partial charge on any atom is 0.421 e. The zero-order valence-electron chi connectivity index (χ0n) is 15.2. The number of benzene rings is 1. The molecule has 29 heavy (non-hydrogen) atoms. The minimum Gasteiger partial charge on any atom is -0.465 e. The third-order valence-electron chi connectivity index (χ3n) is 5.68. The van der Waals surface area contributed by atoms with Crippen LogP contribution in [0.25, 0.3) is 0 Å². The van der Waals surface area contributed by atoms with Crippen LogP contribution < -0.4 is 10.6 Å². The van der Waals surface area contributed by atoms with Gasteiger partial charge >= 0.3 is 12.3 Å². The summed E-state index contributed by atoms with van der Waals surface area (Å²) in [5, 5.41) is 15.2. The van der Waals surface area contributed by atoms with E-state index in [9.17, 15) is 23.1 Å². The summed E-state index contributed by atoms with van der Waals surface area (Å²) < 4.78 is 39.7. The van der Waals surface area contributed by atoms with Crippen molar-refractivity contribution in [3.05, 3.63) is 41.1 Å². The molecule has 3 aliphatic rings. The summed E-state index contributed by atoms with van der Waals surface area (Å²) in [6.45, 7) is 0. The number of hydrogen-bond acceptors (Lipinski definition) is 5. The number of hydrogen-bond donors (Lipinski definition) is 3. The monoisotopic (exact) mass is 405 g/mol. The van der Waals surface area contributed by atoms with Crippen molar-refractivity contribution < 1.29 is 23.1 Å². The highest BCUT2D eigenvalue weighted by molar-refractivity contribution is 5.71. The minimum absolute atomic E-state index is 0.0106. The van der Waals surface area contributed by atoms with Gasteiger partial charge in [0.25, 0.3) is 0 Å². The number of nitrogens with one attached hydrogen (secondary N) is 2. The molecule has 7 nitrogen and oxygen atoms in total. The number of carboxylic acid groups (broad SMARTS) is 1. The van der Waals surface area contributed by atoms with Crippen molar-refractivity contribution in [3.8, 4) is 0 Å². The van der Waals surface area contributed by atoms with E-state index in [-0.39, 0.29) is 29.9 Å². The second-order valence-corrected chi connectivity index (χ2v) is 7.64. The zero-order valence-corrected chi connectivity index (χ0v) is 15.2. The lowest BCUT2D eigenvalue weighted by molar-refractivity contribution is -0.137. The quantitative estimate of drug-likeness (QED) is 0.684. The van der Waals surface area contributed by atoms with Gasteiger partial charge in [0, 0.05) is 17.9 Å². The van der Waals surface area contributed by atoms with Crippen LogP contribution in [0, 0.1) is 0 Å². The largest absolute Gasteiger partial charge is 0.465 e. The SMILES string of the molecule is O=C(O)N1[C@@H]2CC[C@H]1c1cc(Nc3ncc(C(F)(F)F)c(NC4CC4)n3)ccc12. The Kier molecular flexibility index (Phi) is 3.87. The Morgan fingerprint density at radius 2 is 1.86 bits per heavy atom. The molecule has 10 heteroatoms. The average molecular weight is 405 g/mol. The van der Waals surface area contributed by atoms with Gasteiger partial charge in [-0.15, -0.1) is 0 Å². The molecule has 3 N–H and O–H groups in total. The first-order valence-electron chi connectivity index (χ1n) is 9.44. The summed E-state index contributed by atoms with van der Waals surface area (Å²) in [5.41, 5.74) is 1.63. The molecular weight excluding hydrogens is 387 g/mol. The molecule has 2 fully saturated rings. The number of rotatable bonds is 4. The third kappa shape index (κ3) is 3.12. The van der Waals surface area contributed by atoms with Crippen LogP contribution in [0.4, 0.5) is 35.4 Å². The predicted molar refractivity (Wildman–Crippen MR) is 98.0 cm³/mol. The molecule has 5 rings (SSSR count). The van der Waals surface area contributed by atoms with Crippen LogP contribution in [0.5, 0.6) is 0 Å². The molecule has 1 aliphatic carbocycles. The van der Waals surface area contributed by atoms with E-state index in [1.54, 1.807) is 6.07 Å². The van der Waals surface area contributed by atoms with Gasteiger partial charge in [-0.25, -0.2) is 9.78 Å². The van der Waals surface area contributed by atoms with Gasteiger partial charge in [-0.2, -0.15) is 18.2 Å². The third-order valence-corrected chi connectivity index (χ3v) is 5.68. The van der Waals surface area contributed by atoms with E-state index in [0.717, 1.165) is 43.0 Å². The van der Waals surface area contributed by atoms with Gasteiger partial charge < -0.3 is 15.7 Å². The molecular formula is C19H18F3N5O2. The van der Waals surface area contributed by atoms with Gasteiger partial charge in [-0.05, 0) is 48.9 Å². The molecule has 1 saturated carbocycles. The van der Waals surface area contributed by atoms with Gasteiger partial charge in [0.1, 0.15) is 11.4 Å². The highest BCUT2D eigenvalue weighted by Crippen LogP contribution is 2.53. The van der Waals surface area contributed by atoms with Crippen LogP contribution in [0.1, 0.15) is 54.5 Å². The zero-order chi connectivity index (χ0) is 20.3. The normalized spacial score (nSPS) is 22.5. The fraction of sp³-hybridized carbons (Fsp3) is 0.421. The Hall–Kier alpha value is -3.04. The summed E-state index contributed by atoms with van der Waals surface area (Å²) in [5.74, 6) is -0.172. The van der Waals surface area contributed by atoms with E-state index in [1.807, 2.05) is 12.1 Å². The van der Waals surface area contributed by atoms with Crippen molar-refractivity contribution >= 4 is 23.5 Å². The molecule has 0 unspecified atom stereocenters. The number of fused-ring (bicyclic) bond motifs is 5. The molecule has 0 spiro atoms. The van der Waals surface area contributed by atoms with Crippen LogP contribution in [-0.2, 0) is 6.18 Å². The number of aromatic nitrogens is 2. The van der Waals surface area contributed by atoms with Crippen LogP contribution >= 0.6 is 0 Å². The lowest BCUT2D eigenvalue weighted by Gasteiger charge is -2.17. The van der Waals surface area contributed by atoms with Crippen molar-refractivity contribution in [2.45, 2.75) is 50.0 Å². The van der Waals surface area contributed by atoms with Crippen LogP contribution in [0.2, 0.25) is 0 Å². The highest BCUT2D eigenvalue weighted by Gasteiger charge is 2.46.